The van der Waals surface area contributed by atoms with Crippen molar-refractivity contribution in [2.75, 3.05) is 5.32 Å². The summed E-state index contributed by atoms with van der Waals surface area (Å²) < 4.78 is 0. The lowest BCUT2D eigenvalue weighted by molar-refractivity contribution is 0.589. The standard InChI is InChI=1S/C12H17N.ClH/c1-8-5-4-6-11-9(2)7-10(3)13-12(8)11;/h4-6,9-10,13H,7H2,1-3H3;1H. The highest BCUT2D eigenvalue weighted by Crippen LogP contribution is 2.35. The Morgan fingerprint density at radius 2 is 2.00 bits per heavy atom. The highest BCUT2D eigenvalue weighted by molar-refractivity contribution is 5.85. The Labute approximate surface area is 92.3 Å². The number of rotatable bonds is 0. The maximum Gasteiger partial charge on any atom is 0.0407 e. The van der Waals surface area contributed by atoms with Gasteiger partial charge in [-0.25, -0.2) is 0 Å². The summed E-state index contributed by atoms with van der Waals surface area (Å²) in [6, 6.07) is 7.19. The zero-order valence-corrected chi connectivity index (χ0v) is 9.82. The van der Waals surface area contributed by atoms with Crippen LogP contribution in [0, 0.1) is 6.92 Å². The van der Waals surface area contributed by atoms with Gasteiger partial charge in [-0.15, -0.1) is 12.4 Å². The van der Waals surface area contributed by atoms with E-state index in [1.807, 2.05) is 0 Å². The average Bonchev–Trinajstić information content (AvgIpc) is 2.07. The fourth-order valence-corrected chi connectivity index (χ4v) is 2.26. The second-order valence-electron chi connectivity index (χ2n) is 4.22. The summed E-state index contributed by atoms with van der Waals surface area (Å²) in [6.07, 6.45) is 1.25. The van der Waals surface area contributed by atoms with Gasteiger partial charge in [0.05, 0.1) is 0 Å². The highest BCUT2D eigenvalue weighted by Gasteiger charge is 2.21. The zero-order valence-electron chi connectivity index (χ0n) is 9.00. The van der Waals surface area contributed by atoms with Gasteiger partial charge in [-0.3, -0.25) is 0 Å². The van der Waals surface area contributed by atoms with E-state index in [4.69, 9.17) is 0 Å². The molecule has 0 aliphatic carbocycles. The molecule has 78 valence electrons. The van der Waals surface area contributed by atoms with Crippen LogP contribution >= 0.6 is 12.4 Å². The Hall–Kier alpha value is -0.690. The molecule has 0 saturated carbocycles. The van der Waals surface area contributed by atoms with Crippen molar-refractivity contribution in [1.82, 2.24) is 0 Å². The molecule has 0 spiro atoms. The van der Waals surface area contributed by atoms with Crippen LogP contribution in [0.3, 0.4) is 0 Å². The molecular formula is C12H18ClN. The maximum atomic E-state index is 3.56. The monoisotopic (exact) mass is 211 g/mol. The van der Waals surface area contributed by atoms with Gasteiger partial charge in [-0.2, -0.15) is 0 Å². The van der Waals surface area contributed by atoms with E-state index in [0.717, 1.165) is 0 Å². The number of aryl methyl sites for hydroxylation is 1. The number of nitrogens with one attached hydrogen (secondary N) is 1. The van der Waals surface area contributed by atoms with E-state index < -0.39 is 0 Å². The molecule has 0 aromatic heterocycles. The number of hydrogen-bond donors (Lipinski definition) is 1. The molecule has 2 atom stereocenters. The van der Waals surface area contributed by atoms with Crippen LogP contribution < -0.4 is 5.32 Å². The second-order valence-corrected chi connectivity index (χ2v) is 4.22. The fraction of sp³-hybridized carbons (Fsp3) is 0.500. The molecule has 1 aromatic carbocycles. The minimum atomic E-state index is 0. The van der Waals surface area contributed by atoms with Crippen LogP contribution in [0.15, 0.2) is 18.2 Å². The van der Waals surface area contributed by atoms with Gasteiger partial charge < -0.3 is 5.32 Å². The lowest BCUT2D eigenvalue weighted by Gasteiger charge is -2.30. The van der Waals surface area contributed by atoms with E-state index in [-0.39, 0.29) is 12.4 Å². The van der Waals surface area contributed by atoms with Crippen LogP contribution in [0.25, 0.3) is 0 Å². The van der Waals surface area contributed by atoms with Crippen molar-refractivity contribution in [3.05, 3.63) is 29.3 Å². The van der Waals surface area contributed by atoms with Crippen LogP contribution in [0.1, 0.15) is 37.3 Å². The summed E-state index contributed by atoms with van der Waals surface area (Å²) in [5, 5.41) is 3.56. The van der Waals surface area contributed by atoms with E-state index in [2.05, 4.69) is 44.3 Å². The molecule has 1 aromatic rings. The van der Waals surface area contributed by atoms with Gasteiger partial charge in [0.1, 0.15) is 0 Å². The van der Waals surface area contributed by atoms with Crippen molar-refractivity contribution >= 4 is 18.1 Å². The largest absolute Gasteiger partial charge is 0.382 e. The predicted molar refractivity (Wildman–Crippen MR) is 64.5 cm³/mol. The van der Waals surface area contributed by atoms with Crippen LogP contribution in [0.2, 0.25) is 0 Å². The van der Waals surface area contributed by atoms with Gasteiger partial charge in [-0.05, 0) is 37.3 Å². The van der Waals surface area contributed by atoms with Gasteiger partial charge in [0, 0.05) is 11.7 Å². The summed E-state index contributed by atoms with van der Waals surface area (Å²) in [6.45, 7) is 6.75. The molecule has 1 aliphatic heterocycles. The van der Waals surface area contributed by atoms with E-state index in [1.165, 1.54) is 23.2 Å². The van der Waals surface area contributed by atoms with Crippen molar-refractivity contribution in [2.24, 2.45) is 0 Å². The van der Waals surface area contributed by atoms with E-state index in [1.54, 1.807) is 0 Å². The molecule has 2 rings (SSSR count). The lowest BCUT2D eigenvalue weighted by atomic mass is 9.87. The molecule has 1 heterocycles. The minimum absolute atomic E-state index is 0. The first kappa shape index (κ1) is 11.4. The maximum absolute atomic E-state index is 3.56. The van der Waals surface area contributed by atoms with Gasteiger partial charge in [-0.1, -0.05) is 25.1 Å². The summed E-state index contributed by atoms with van der Waals surface area (Å²) in [5.74, 6) is 0.700. The number of fused-ring (bicyclic) bond motifs is 1. The predicted octanol–water partition coefficient (Wildman–Crippen LogP) is 3.72. The molecule has 0 radical (unpaired) electrons. The third-order valence-corrected chi connectivity index (χ3v) is 2.93. The molecule has 0 amide bonds. The van der Waals surface area contributed by atoms with Gasteiger partial charge in [0.2, 0.25) is 0 Å². The summed E-state index contributed by atoms with van der Waals surface area (Å²) in [5.41, 5.74) is 4.22. The third-order valence-electron chi connectivity index (χ3n) is 2.93. The molecule has 1 N–H and O–H groups in total. The fourth-order valence-electron chi connectivity index (χ4n) is 2.26. The molecule has 0 bridgehead atoms. The Morgan fingerprint density at radius 3 is 2.71 bits per heavy atom. The number of benzene rings is 1. The Kier molecular flexibility index (Phi) is 3.43. The summed E-state index contributed by atoms with van der Waals surface area (Å²) in [4.78, 5) is 0. The van der Waals surface area contributed by atoms with Crippen LogP contribution in [-0.4, -0.2) is 6.04 Å². The number of halogens is 1. The SMILES string of the molecule is Cc1cccc2c1NC(C)CC2C.Cl. The van der Waals surface area contributed by atoms with Gasteiger partial charge in [0.25, 0.3) is 0 Å². The molecule has 0 fully saturated rings. The van der Waals surface area contributed by atoms with Crippen molar-refractivity contribution in [3.63, 3.8) is 0 Å². The minimum Gasteiger partial charge on any atom is -0.382 e. The quantitative estimate of drug-likeness (QED) is 0.690. The molecule has 14 heavy (non-hydrogen) atoms. The van der Waals surface area contributed by atoms with Gasteiger partial charge >= 0.3 is 0 Å². The van der Waals surface area contributed by atoms with Crippen molar-refractivity contribution in [1.29, 1.82) is 0 Å². The smallest absolute Gasteiger partial charge is 0.0407 e. The Morgan fingerprint density at radius 1 is 1.29 bits per heavy atom. The molecule has 1 nitrogen and oxygen atoms in total. The van der Waals surface area contributed by atoms with Crippen molar-refractivity contribution in [2.45, 2.75) is 39.2 Å². The molecule has 2 heteroatoms. The zero-order chi connectivity index (χ0) is 9.42. The number of hydrogen-bond acceptors (Lipinski definition) is 1. The normalized spacial score (nSPS) is 24.5. The highest BCUT2D eigenvalue weighted by atomic mass is 35.5. The van der Waals surface area contributed by atoms with Gasteiger partial charge in [0.15, 0.2) is 0 Å². The van der Waals surface area contributed by atoms with E-state index in [9.17, 15) is 0 Å². The molecular weight excluding hydrogens is 194 g/mol. The topological polar surface area (TPSA) is 12.0 Å². The summed E-state index contributed by atoms with van der Waals surface area (Å²) >= 11 is 0. The lowest BCUT2D eigenvalue weighted by Crippen LogP contribution is -2.24. The van der Waals surface area contributed by atoms with Crippen LogP contribution in [-0.2, 0) is 0 Å². The van der Waals surface area contributed by atoms with Crippen molar-refractivity contribution in [3.8, 4) is 0 Å². The molecule has 2 unspecified atom stereocenters. The van der Waals surface area contributed by atoms with Crippen molar-refractivity contribution < 1.29 is 0 Å². The number of anilines is 1. The third kappa shape index (κ3) is 1.88. The first-order valence-corrected chi connectivity index (χ1v) is 5.04. The van der Waals surface area contributed by atoms with Crippen LogP contribution in [0.4, 0.5) is 5.69 Å². The second kappa shape index (κ2) is 4.22. The number of para-hydroxylation sites is 1. The Balaban J connectivity index is 0.000000980. The molecule has 1 aliphatic rings. The van der Waals surface area contributed by atoms with E-state index >= 15 is 0 Å². The van der Waals surface area contributed by atoms with Crippen LogP contribution in [0.5, 0.6) is 0 Å². The average molecular weight is 212 g/mol. The first-order valence-electron chi connectivity index (χ1n) is 5.04. The first-order chi connectivity index (χ1) is 6.18. The summed E-state index contributed by atoms with van der Waals surface area (Å²) in [7, 11) is 0. The molecule has 0 saturated heterocycles. The van der Waals surface area contributed by atoms with E-state index in [0.29, 0.717) is 12.0 Å². The Bertz CT molecular complexity index is 322.